The Hall–Kier alpha value is -3.83. The minimum atomic E-state index is -4.57. The molecule has 0 spiro atoms. The van der Waals surface area contributed by atoms with Gasteiger partial charge in [0.05, 0.1) is 12.7 Å². The highest BCUT2D eigenvalue weighted by Crippen LogP contribution is 2.33. The molecule has 0 bridgehead atoms. The van der Waals surface area contributed by atoms with Crippen molar-refractivity contribution in [2.45, 2.75) is 18.6 Å². The van der Waals surface area contributed by atoms with Gasteiger partial charge in [-0.1, -0.05) is 12.1 Å². The Bertz CT molecular complexity index is 1040. The molecule has 9 nitrogen and oxygen atoms in total. The molecule has 3 rings (SSSR count). The highest BCUT2D eigenvalue weighted by atomic mass is 19.4. The van der Waals surface area contributed by atoms with E-state index in [-0.39, 0.29) is 18.9 Å². The molecule has 2 heterocycles. The first-order valence-corrected chi connectivity index (χ1v) is 9.87. The molecule has 12 heteroatoms. The van der Waals surface area contributed by atoms with Crippen LogP contribution >= 0.6 is 0 Å². The number of aromatic nitrogens is 1. The quantitative estimate of drug-likeness (QED) is 0.407. The number of nitrogens with zero attached hydrogens (tertiary/aromatic N) is 2. The number of methoxy groups -OCH3 is 1. The molecule has 1 aromatic carbocycles. The second kappa shape index (κ2) is 9.35. The van der Waals surface area contributed by atoms with Gasteiger partial charge in [0, 0.05) is 19.3 Å². The average Bonchev–Trinajstić information content (AvgIpc) is 3.00. The van der Waals surface area contributed by atoms with E-state index in [4.69, 9.17) is 4.74 Å². The van der Waals surface area contributed by atoms with Crippen LogP contribution in [0.15, 0.2) is 42.6 Å². The van der Waals surface area contributed by atoms with Gasteiger partial charge in [-0.2, -0.15) is 13.2 Å². The number of ether oxygens (including phenoxy) is 1. The molecule has 2 aromatic rings. The molecule has 1 saturated heterocycles. The zero-order valence-corrected chi connectivity index (χ0v) is 17.8. The number of imide groups is 1. The molecule has 1 atom stereocenters. The van der Waals surface area contributed by atoms with Gasteiger partial charge in [-0.25, -0.2) is 9.78 Å². The summed E-state index contributed by atoms with van der Waals surface area (Å²) in [5.74, 6) is -1.02. The fraction of sp³-hybridized carbons (Fsp3) is 0.333. The number of hydrogen-bond donors (Lipinski definition) is 3. The number of halogens is 3. The third-order valence-electron chi connectivity index (χ3n) is 5.10. The molecule has 0 unspecified atom stereocenters. The zero-order valence-electron chi connectivity index (χ0n) is 17.8. The summed E-state index contributed by atoms with van der Waals surface area (Å²) in [7, 11) is 1.50. The van der Waals surface area contributed by atoms with Crippen molar-refractivity contribution in [1.29, 1.82) is 0 Å². The van der Waals surface area contributed by atoms with Gasteiger partial charge in [0.1, 0.15) is 23.7 Å². The van der Waals surface area contributed by atoms with Gasteiger partial charge in [0.2, 0.25) is 5.91 Å². The van der Waals surface area contributed by atoms with Crippen molar-refractivity contribution in [2.24, 2.45) is 0 Å². The lowest BCUT2D eigenvalue weighted by Gasteiger charge is -2.22. The van der Waals surface area contributed by atoms with Crippen LogP contribution in [0.2, 0.25) is 0 Å². The number of urea groups is 1. The van der Waals surface area contributed by atoms with Crippen LogP contribution < -0.4 is 20.7 Å². The first-order chi connectivity index (χ1) is 15.6. The Balaban J connectivity index is 1.54. The average molecular weight is 465 g/mol. The summed E-state index contributed by atoms with van der Waals surface area (Å²) in [5, 5.41) is 7.56. The Kier molecular flexibility index (Phi) is 6.75. The molecule has 0 radical (unpaired) electrons. The van der Waals surface area contributed by atoms with Crippen LogP contribution in [0.3, 0.4) is 0 Å². The summed E-state index contributed by atoms with van der Waals surface area (Å²) < 4.78 is 44.0. The number of rotatable bonds is 8. The maximum absolute atomic E-state index is 13.0. The normalized spacial score (nSPS) is 18.2. The first-order valence-electron chi connectivity index (χ1n) is 9.87. The molecule has 33 heavy (non-hydrogen) atoms. The second-order valence-corrected chi connectivity index (χ2v) is 7.35. The lowest BCUT2D eigenvalue weighted by Crippen LogP contribution is -2.43. The summed E-state index contributed by atoms with van der Waals surface area (Å²) in [5.41, 5.74) is -1.75. The van der Waals surface area contributed by atoms with E-state index in [9.17, 15) is 27.6 Å². The number of carbonyl (C=O) groups is 3. The SMILES string of the molecule is COc1ccc([C@@]2(C)NC(=O)N(CC(=O)NCCNc3ncccc3C(F)(F)F)C2=O)cc1. The maximum Gasteiger partial charge on any atom is 0.419 e. The number of carbonyl (C=O) groups excluding carboxylic acids is 3. The van der Waals surface area contributed by atoms with Crippen LogP contribution in [-0.4, -0.2) is 54.5 Å². The fourth-order valence-corrected chi connectivity index (χ4v) is 3.32. The van der Waals surface area contributed by atoms with E-state index >= 15 is 0 Å². The minimum Gasteiger partial charge on any atom is -0.497 e. The van der Waals surface area contributed by atoms with Crippen molar-refractivity contribution in [1.82, 2.24) is 20.5 Å². The molecular weight excluding hydrogens is 443 g/mol. The molecule has 1 aromatic heterocycles. The monoisotopic (exact) mass is 465 g/mol. The first kappa shape index (κ1) is 23.8. The highest BCUT2D eigenvalue weighted by molar-refractivity contribution is 6.09. The number of alkyl halides is 3. The van der Waals surface area contributed by atoms with Gasteiger partial charge in [0.25, 0.3) is 5.91 Å². The van der Waals surface area contributed by atoms with Crippen LogP contribution in [0.4, 0.5) is 23.8 Å². The van der Waals surface area contributed by atoms with Gasteiger partial charge in [0.15, 0.2) is 0 Å². The molecule has 0 saturated carbocycles. The Labute approximate surface area is 187 Å². The van der Waals surface area contributed by atoms with Crippen molar-refractivity contribution in [3.8, 4) is 5.75 Å². The van der Waals surface area contributed by atoms with E-state index in [1.54, 1.807) is 24.3 Å². The van der Waals surface area contributed by atoms with Crippen molar-refractivity contribution in [3.63, 3.8) is 0 Å². The number of nitrogens with one attached hydrogen (secondary N) is 3. The summed E-state index contributed by atoms with van der Waals surface area (Å²) in [4.78, 5) is 41.9. The van der Waals surface area contributed by atoms with E-state index in [0.29, 0.717) is 11.3 Å². The lowest BCUT2D eigenvalue weighted by molar-refractivity contribution is -0.137. The van der Waals surface area contributed by atoms with Gasteiger partial charge >= 0.3 is 12.2 Å². The van der Waals surface area contributed by atoms with E-state index in [1.807, 2.05) is 0 Å². The fourth-order valence-electron chi connectivity index (χ4n) is 3.32. The van der Waals surface area contributed by atoms with E-state index < -0.39 is 41.7 Å². The van der Waals surface area contributed by atoms with Crippen LogP contribution in [-0.2, 0) is 21.3 Å². The third-order valence-corrected chi connectivity index (χ3v) is 5.10. The van der Waals surface area contributed by atoms with E-state index in [1.165, 1.54) is 26.3 Å². The molecule has 1 aliphatic rings. The number of anilines is 1. The second-order valence-electron chi connectivity index (χ2n) is 7.35. The van der Waals surface area contributed by atoms with Crippen molar-refractivity contribution in [2.75, 3.05) is 32.1 Å². The number of hydrogen-bond acceptors (Lipinski definition) is 6. The standard InChI is InChI=1S/C21H22F3N5O4/c1-20(13-5-7-14(33-2)8-6-13)18(31)29(19(32)28-20)12-16(30)25-10-11-27-17-15(21(22,23)24)4-3-9-26-17/h3-9H,10-12H2,1-2H3,(H,25,30)(H,26,27)(H,28,32)/t20-/m1/s1. The predicted molar refractivity (Wildman–Crippen MR) is 111 cm³/mol. The zero-order chi connectivity index (χ0) is 24.2. The molecule has 1 fully saturated rings. The van der Waals surface area contributed by atoms with Crippen LogP contribution in [0.25, 0.3) is 0 Å². The van der Waals surface area contributed by atoms with Crippen molar-refractivity contribution in [3.05, 3.63) is 53.7 Å². The molecule has 4 amide bonds. The van der Waals surface area contributed by atoms with Crippen LogP contribution in [0, 0.1) is 0 Å². The molecule has 0 aliphatic carbocycles. The van der Waals surface area contributed by atoms with Gasteiger partial charge in [-0.05, 0) is 36.8 Å². The molecule has 176 valence electrons. The van der Waals surface area contributed by atoms with E-state index in [0.717, 1.165) is 11.0 Å². The van der Waals surface area contributed by atoms with Crippen molar-refractivity contribution < 1.29 is 32.3 Å². The maximum atomic E-state index is 13.0. The number of amides is 4. The van der Waals surface area contributed by atoms with Gasteiger partial charge < -0.3 is 20.7 Å². The molecular formula is C21H22F3N5O4. The minimum absolute atomic E-state index is 0.0461. The van der Waals surface area contributed by atoms with Gasteiger partial charge in [-0.15, -0.1) is 0 Å². The topological polar surface area (TPSA) is 113 Å². The molecule has 1 aliphatic heterocycles. The summed E-state index contributed by atoms with van der Waals surface area (Å²) in [6.07, 6.45) is -3.35. The smallest absolute Gasteiger partial charge is 0.419 e. The van der Waals surface area contributed by atoms with E-state index in [2.05, 4.69) is 20.9 Å². The Morgan fingerprint density at radius 2 is 1.88 bits per heavy atom. The lowest BCUT2D eigenvalue weighted by atomic mass is 9.92. The Morgan fingerprint density at radius 3 is 2.52 bits per heavy atom. The third kappa shape index (κ3) is 5.16. The largest absolute Gasteiger partial charge is 0.497 e. The highest BCUT2D eigenvalue weighted by Gasteiger charge is 2.49. The molecule has 3 N–H and O–H groups in total. The predicted octanol–water partition coefficient (Wildman–Crippen LogP) is 2.10. The van der Waals surface area contributed by atoms with Crippen LogP contribution in [0.1, 0.15) is 18.1 Å². The van der Waals surface area contributed by atoms with Crippen molar-refractivity contribution >= 4 is 23.7 Å². The Morgan fingerprint density at radius 1 is 1.18 bits per heavy atom. The number of benzene rings is 1. The summed E-state index contributed by atoms with van der Waals surface area (Å²) in [6, 6.07) is 7.91. The van der Waals surface area contributed by atoms with Gasteiger partial charge in [-0.3, -0.25) is 14.5 Å². The number of pyridine rings is 1. The summed E-state index contributed by atoms with van der Waals surface area (Å²) in [6.45, 7) is 0.900. The van der Waals surface area contributed by atoms with Crippen LogP contribution in [0.5, 0.6) is 5.75 Å². The summed E-state index contributed by atoms with van der Waals surface area (Å²) >= 11 is 0.